The number of ether oxygens (including phenoxy) is 2. The average Bonchev–Trinajstić information content (AvgIpc) is 3.48. The Morgan fingerprint density at radius 1 is 1.19 bits per heavy atom. The van der Waals surface area contributed by atoms with Crippen LogP contribution in [0.25, 0.3) is 11.3 Å². The Bertz CT molecular complexity index is 1150. The van der Waals surface area contributed by atoms with Crippen molar-refractivity contribution in [2.45, 2.75) is 12.8 Å². The number of aromatic nitrogens is 2. The molecule has 156 valence electrons. The van der Waals surface area contributed by atoms with Gasteiger partial charge < -0.3 is 19.7 Å². The van der Waals surface area contributed by atoms with E-state index in [0.717, 1.165) is 48.8 Å². The zero-order chi connectivity index (χ0) is 21.2. The fourth-order valence-corrected chi connectivity index (χ4v) is 4.46. The van der Waals surface area contributed by atoms with Crippen molar-refractivity contribution in [3.63, 3.8) is 0 Å². The highest BCUT2D eigenvalue weighted by atomic mass is 32.1. The molecule has 1 saturated heterocycles. The van der Waals surface area contributed by atoms with E-state index in [1.54, 1.807) is 12.3 Å². The Kier molecular flexibility index (Phi) is 5.14. The van der Waals surface area contributed by atoms with Crippen molar-refractivity contribution in [3.05, 3.63) is 47.5 Å². The number of pyridine rings is 1. The maximum atomic E-state index is 12.7. The highest BCUT2D eigenvalue weighted by Gasteiger charge is 2.26. The SMILES string of the molecule is N#Cc1ccc(N2CCC(C(=O)Nc3nc(-c4ccc5c(c4)OCO5)cs3)CC2)nc1. The van der Waals surface area contributed by atoms with Crippen LogP contribution in [-0.2, 0) is 4.79 Å². The molecule has 1 N–H and O–H groups in total. The maximum absolute atomic E-state index is 12.7. The van der Waals surface area contributed by atoms with Crippen molar-refractivity contribution >= 4 is 28.2 Å². The molecule has 4 heterocycles. The van der Waals surface area contributed by atoms with E-state index in [9.17, 15) is 4.79 Å². The predicted octanol–water partition coefficient (Wildman–Crippen LogP) is 3.66. The molecule has 31 heavy (non-hydrogen) atoms. The Balaban J connectivity index is 1.18. The predicted molar refractivity (Wildman–Crippen MR) is 116 cm³/mol. The summed E-state index contributed by atoms with van der Waals surface area (Å²) in [7, 11) is 0. The fraction of sp³-hybridized carbons (Fsp3) is 0.273. The van der Waals surface area contributed by atoms with Crippen LogP contribution in [0, 0.1) is 17.2 Å². The minimum atomic E-state index is -0.0625. The minimum Gasteiger partial charge on any atom is -0.454 e. The van der Waals surface area contributed by atoms with Crippen LogP contribution < -0.4 is 19.7 Å². The average molecular weight is 433 g/mol. The van der Waals surface area contributed by atoms with Gasteiger partial charge in [0.05, 0.1) is 11.3 Å². The number of nitrogens with one attached hydrogen (secondary N) is 1. The molecule has 3 aromatic rings. The van der Waals surface area contributed by atoms with Crippen molar-refractivity contribution < 1.29 is 14.3 Å². The zero-order valence-electron chi connectivity index (χ0n) is 16.6. The molecule has 1 fully saturated rings. The molecule has 9 heteroatoms. The number of rotatable bonds is 4. The maximum Gasteiger partial charge on any atom is 0.231 e. The summed E-state index contributed by atoms with van der Waals surface area (Å²) in [5, 5.41) is 14.4. The monoisotopic (exact) mass is 433 g/mol. The highest BCUT2D eigenvalue weighted by molar-refractivity contribution is 7.14. The van der Waals surface area contributed by atoms with Crippen LogP contribution in [0.4, 0.5) is 10.9 Å². The lowest BCUT2D eigenvalue weighted by Crippen LogP contribution is -2.38. The van der Waals surface area contributed by atoms with Gasteiger partial charge in [-0.05, 0) is 43.2 Å². The molecule has 1 amide bonds. The number of carbonyl (C=O) groups is 1. The van der Waals surface area contributed by atoms with Gasteiger partial charge in [-0.15, -0.1) is 11.3 Å². The number of benzene rings is 1. The summed E-state index contributed by atoms with van der Waals surface area (Å²) in [5.41, 5.74) is 2.26. The number of thiazole rings is 1. The summed E-state index contributed by atoms with van der Waals surface area (Å²) in [5.74, 6) is 2.22. The van der Waals surface area contributed by atoms with Crippen molar-refractivity contribution in [3.8, 4) is 28.8 Å². The normalized spacial score (nSPS) is 15.5. The first kappa shape index (κ1) is 19.3. The van der Waals surface area contributed by atoms with Gasteiger partial charge >= 0.3 is 0 Å². The third-order valence-corrected chi connectivity index (χ3v) is 6.23. The van der Waals surface area contributed by atoms with Crippen LogP contribution in [0.2, 0.25) is 0 Å². The van der Waals surface area contributed by atoms with Crippen LogP contribution in [0.15, 0.2) is 41.9 Å². The largest absolute Gasteiger partial charge is 0.454 e. The number of fused-ring (bicyclic) bond motifs is 1. The molecule has 0 saturated carbocycles. The van der Waals surface area contributed by atoms with Gasteiger partial charge in [0.15, 0.2) is 16.6 Å². The van der Waals surface area contributed by atoms with Crippen LogP contribution in [0.1, 0.15) is 18.4 Å². The van der Waals surface area contributed by atoms with E-state index in [1.807, 2.05) is 29.6 Å². The molecule has 0 spiro atoms. The second kappa shape index (κ2) is 8.24. The Morgan fingerprint density at radius 3 is 2.81 bits per heavy atom. The second-order valence-corrected chi connectivity index (χ2v) is 8.23. The number of nitriles is 1. The molecule has 0 unspecified atom stereocenters. The van der Waals surface area contributed by atoms with Crippen molar-refractivity contribution in [2.24, 2.45) is 5.92 Å². The molecule has 1 aromatic carbocycles. The molecule has 0 aliphatic carbocycles. The fourth-order valence-electron chi connectivity index (χ4n) is 3.74. The Labute approximate surface area is 183 Å². The van der Waals surface area contributed by atoms with E-state index in [2.05, 4.69) is 26.3 Å². The molecule has 8 nitrogen and oxygen atoms in total. The summed E-state index contributed by atoms with van der Waals surface area (Å²) in [6.45, 7) is 1.73. The van der Waals surface area contributed by atoms with Gasteiger partial charge in [0.1, 0.15) is 11.9 Å². The zero-order valence-corrected chi connectivity index (χ0v) is 17.4. The van der Waals surface area contributed by atoms with Gasteiger partial charge in [0.2, 0.25) is 12.7 Å². The van der Waals surface area contributed by atoms with Gasteiger partial charge in [0, 0.05) is 36.1 Å². The van der Waals surface area contributed by atoms with Gasteiger partial charge in [-0.3, -0.25) is 4.79 Å². The lowest BCUT2D eigenvalue weighted by molar-refractivity contribution is -0.120. The van der Waals surface area contributed by atoms with Gasteiger partial charge in [-0.1, -0.05) is 0 Å². The summed E-state index contributed by atoms with van der Waals surface area (Å²) in [4.78, 5) is 23.8. The van der Waals surface area contributed by atoms with Gasteiger partial charge in [-0.25, -0.2) is 9.97 Å². The van der Waals surface area contributed by atoms with Gasteiger partial charge in [0.25, 0.3) is 0 Å². The lowest BCUT2D eigenvalue weighted by atomic mass is 9.96. The summed E-state index contributed by atoms with van der Waals surface area (Å²) >= 11 is 1.41. The molecular formula is C22H19N5O3S. The number of anilines is 2. The van der Waals surface area contributed by atoms with Gasteiger partial charge in [-0.2, -0.15) is 5.26 Å². The Morgan fingerprint density at radius 2 is 2.03 bits per heavy atom. The molecule has 5 rings (SSSR count). The summed E-state index contributed by atoms with van der Waals surface area (Å²) in [6, 6.07) is 11.4. The molecular weight excluding hydrogens is 414 g/mol. The van der Waals surface area contributed by atoms with E-state index >= 15 is 0 Å². The molecule has 2 aliphatic heterocycles. The van der Waals surface area contributed by atoms with E-state index < -0.39 is 0 Å². The number of hydrogen-bond donors (Lipinski definition) is 1. The number of carbonyl (C=O) groups excluding carboxylic acids is 1. The second-order valence-electron chi connectivity index (χ2n) is 7.37. The third-order valence-electron chi connectivity index (χ3n) is 5.47. The molecule has 2 aliphatic rings. The molecule has 0 radical (unpaired) electrons. The molecule has 0 atom stereocenters. The third kappa shape index (κ3) is 4.02. The van der Waals surface area contributed by atoms with Crippen molar-refractivity contribution in [1.29, 1.82) is 5.26 Å². The van der Waals surface area contributed by atoms with Crippen LogP contribution >= 0.6 is 11.3 Å². The van der Waals surface area contributed by atoms with Crippen molar-refractivity contribution in [2.75, 3.05) is 30.1 Å². The van der Waals surface area contributed by atoms with E-state index in [1.165, 1.54) is 11.3 Å². The van der Waals surface area contributed by atoms with Crippen molar-refractivity contribution in [1.82, 2.24) is 9.97 Å². The summed E-state index contributed by atoms with van der Waals surface area (Å²) in [6.07, 6.45) is 3.07. The number of hydrogen-bond acceptors (Lipinski definition) is 8. The van der Waals surface area contributed by atoms with Crippen LogP contribution in [0.3, 0.4) is 0 Å². The topological polar surface area (TPSA) is 100 Å². The first-order valence-corrected chi connectivity index (χ1v) is 10.8. The standard InChI is InChI=1S/C22H19N5O3S/c23-10-14-1-4-20(24-11-14)27-7-5-15(6-8-27)21(28)26-22-25-17(12-31-22)16-2-3-18-19(9-16)30-13-29-18/h1-4,9,11-12,15H,5-8,13H2,(H,25,26,28). The highest BCUT2D eigenvalue weighted by Crippen LogP contribution is 2.36. The number of nitrogens with zero attached hydrogens (tertiary/aromatic N) is 4. The smallest absolute Gasteiger partial charge is 0.231 e. The summed E-state index contributed by atoms with van der Waals surface area (Å²) < 4.78 is 10.8. The van der Waals surface area contributed by atoms with Crippen LogP contribution in [0.5, 0.6) is 11.5 Å². The van der Waals surface area contributed by atoms with E-state index in [0.29, 0.717) is 16.4 Å². The lowest BCUT2D eigenvalue weighted by Gasteiger charge is -2.31. The quantitative estimate of drug-likeness (QED) is 0.670. The Hall–Kier alpha value is -3.64. The number of piperidine rings is 1. The molecule has 0 bridgehead atoms. The number of amides is 1. The van der Waals surface area contributed by atoms with E-state index in [-0.39, 0.29) is 18.6 Å². The first-order chi connectivity index (χ1) is 15.2. The van der Waals surface area contributed by atoms with E-state index in [4.69, 9.17) is 14.7 Å². The first-order valence-electron chi connectivity index (χ1n) is 9.97. The van der Waals surface area contributed by atoms with Crippen LogP contribution in [-0.4, -0.2) is 35.8 Å². The molecule has 2 aromatic heterocycles. The minimum absolute atomic E-state index is 0.000903.